The Kier molecular flexibility index (Phi) is 2.81. The minimum absolute atomic E-state index is 0.171. The fraction of sp³-hybridized carbons (Fsp3) is 0.222. The standard InChI is InChI=1S/C9H13N5/c1-6(10)14(2)9(12)7-4-3-5-8(11)13-7/h3-5,10,12H,1-2H3,(H2,11,13). The molecule has 1 heterocycles. The van der Waals surface area contributed by atoms with Crippen LogP contribution in [0, 0.1) is 10.8 Å². The lowest BCUT2D eigenvalue weighted by Crippen LogP contribution is -2.31. The van der Waals surface area contributed by atoms with Crippen LogP contribution in [0.5, 0.6) is 0 Å². The number of nitrogens with zero attached hydrogens (tertiary/aromatic N) is 2. The Morgan fingerprint density at radius 1 is 1.43 bits per heavy atom. The summed E-state index contributed by atoms with van der Waals surface area (Å²) in [5, 5.41) is 15.1. The van der Waals surface area contributed by atoms with Gasteiger partial charge in [-0.2, -0.15) is 0 Å². The van der Waals surface area contributed by atoms with Crippen LogP contribution in [0.2, 0.25) is 0 Å². The number of nitrogen functional groups attached to an aromatic ring is 1. The number of nitrogens with two attached hydrogens (primary N) is 1. The summed E-state index contributed by atoms with van der Waals surface area (Å²) in [6, 6.07) is 5.09. The average molecular weight is 191 g/mol. The lowest BCUT2D eigenvalue weighted by molar-refractivity contribution is 0.730. The number of rotatable bonds is 1. The van der Waals surface area contributed by atoms with E-state index in [1.54, 1.807) is 32.2 Å². The Morgan fingerprint density at radius 3 is 2.57 bits per heavy atom. The molecule has 4 N–H and O–H groups in total. The van der Waals surface area contributed by atoms with Crippen LogP contribution in [0.1, 0.15) is 12.6 Å². The van der Waals surface area contributed by atoms with Crippen LogP contribution in [0.25, 0.3) is 0 Å². The molecule has 0 saturated heterocycles. The van der Waals surface area contributed by atoms with Gasteiger partial charge in [0.15, 0.2) is 5.84 Å². The summed E-state index contributed by atoms with van der Waals surface area (Å²) in [7, 11) is 1.65. The molecule has 0 unspecified atom stereocenters. The molecule has 1 aromatic rings. The molecular formula is C9H13N5. The summed E-state index contributed by atoms with van der Waals surface area (Å²) in [5.41, 5.74) is 5.96. The normalized spacial score (nSPS) is 9.57. The second-order valence-electron chi connectivity index (χ2n) is 2.94. The van der Waals surface area contributed by atoms with Crippen LogP contribution in [0.15, 0.2) is 18.2 Å². The number of nitrogens with one attached hydrogen (secondary N) is 2. The third kappa shape index (κ3) is 2.07. The first kappa shape index (κ1) is 10.2. The van der Waals surface area contributed by atoms with Gasteiger partial charge < -0.3 is 10.6 Å². The van der Waals surface area contributed by atoms with E-state index in [-0.39, 0.29) is 5.84 Å². The van der Waals surface area contributed by atoms with Crippen molar-refractivity contribution in [2.45, 2.75) is 6.92 Å². The third-order valence-electron chi connectivity index (χ3n) is 1.85. The highest BCUT2D eigenvalue weighted by atomic mass is 15.2. The maximum atomic E-state index is 7.73. The average Bonchev–Trinajstić information content (AvgIpc) is 2.15. The fourth-order valence-corrected chi connectivity index (χ4v) is 0.923. The predicted octanol–water partition coefficient (Wildman–Crippen LogP) is 0.918. The summed E-state index contributed by atoms with van der Waals surface area (Å²) in [5.74, 6) is 0.840. The summed E-state index contributed by atoms with van der Waals surface area (Å²) in [6.45, 7) is 1.61. The second-order valence-corrected chi connectivity index (χ2v) is 2.94. The highest BCUT2D eigenvalue weighted by Gasteiger charge is 2.09. The van der Waals surface area contributed by atoms with Crippen molar-refractivity contribution in [1.82, 2.24) is 9.88 Å². The monoisotopic (exact) mass is 191 g/mol. The zero-order valence-electron chi connectivity index (χ0n) is 8.20. The summed E-state index contributed by atoms with van der Waals surface area (Å²) < 4.78 is 0. The van der Waals surface area contributed by atoms with E-state index in [0.717, 1.165) is 0 Å². The third-order valence-corrected chi connectivity index (χ3v) is 1.85. The predicted molar refractivity (Wildman–Crippen MR) is 56.6 cm³/mol. The molecular weight excluding hydrogens is 178 g/mol. The Balaban J connectivity index is 2.95. The van der Waals surface area contributed by atoms with Gasteiger partial charge in [0.1, 0.15) is 11.5 Å². The van der Waals surface area contributed by atoms with E-state index in [4.69, 9.17) is 16.6 Å². The van der Waals surface area contributed by atoms with Crippen molar-refractivity contribution in [1.29, 1.82) is 10.8 Å². The van der Waals surface area contributed by atoms with Gasteiger partial charge >= 0.3 is 0 Å². The largest absolute Gasteiger partial charge is 0.384 e. The lowest BCUT2D eigenvalue weighted by atomic mass is 10.3. The molecule has 0 aliphatic heterocycles. The SMILES string of the molecule is CC(=N)N(C)C(=N)c1cccc(N)n1. The zero-order chi connectivity index (χ0) is 10.7. The van der Waals surface area contributed by atoms with Crippen LogP contribution < -0.4 is 5.73 Å². The van der Waals surface area contributed by atoms with E-state index in [1.807, 2.05) is 0 Å². The van der Waals surface area contributed by atoms with Gasteiger partial charge in [-0.25, -0.2) is 4.98 Å². The van der Waals surface area contributed by atoms with E-state index in [2.05, 4.69) is 4.98 Å². The molecule has 5 heteroatoms. The number of pyridine rings is 1. The van der Waals surface area contributed by atoms with Crippen LogP contribution in [0.3, 0.4) is 0 Å². The molecule has 0 radical (unpaired) electrons. The molecule has 0 aromatic carbocycles. The molecule has 0 aliphatic rings. The zero-order valence-corrected chi connectivity index (χ0v) is 8.20. The summed E-state index contributed by atoms with van der Waals surface area (Å²) >= 11 is 0. The molecule has 0 saturated carbocycles. The van der Waals surface area contributed by atoms with E-state index < -0.39 is 0 Å². The Hall–Kier alpha value is -1.91. The topological polar surface area (TPSA) is 89.9 Å². The number of hydrogen-bond donors (Lipinski definition) is 3. The van der Waals surface area contributed by atoms with Crippen molar-refractivity contribution in [2.24, 2.45) is 0 Å². The van der Waals surface area contributed by atoms with Crippen LogP contribution in [-0.2, 0) is 0 Å². The van der Waals surface area contributed by atoms with E-state index >= 15 is 0 Å². The van der Waals surface area contributed by atoms with Gasteiger partial charge in [0.05, 0.1) is 5.84 Å². The molecule has 1 rings (SSSR count). The van der Waals surface area contributed by atoms with Crippen molar-refractivity contribution in [3.8, 4) is 0 Å². The minimum Gasteiger partial charge on any atom is -0.384 e. The van der Waals surface area contributed by atoms with Gasteiger partial charge in [-0.3, -0.25) is 10.8 Å². The molecule has 0 fully saturated rings. The van der Waals surface area contributed by atoms with Crippen molar-refractivity contribution < 1.29 is 0 Å². The Bertz CT molecular complexity index is 371. The van der Waals surface area contributed by atoms with Gasteiger partial charge in [0.25, 0.3) is 0 Å². The fourth-order valence-electron chi connectivity index (χ4n) is 0.923. The molecule has 5 nitrogen and oxygen atoms in total. The quantitative estimate of drug-likeness (QED) is 0.455. The lowest BCUT2D eigenvalue weighted by Gasteiger charge is -2.17. The van der Waals surface area contributed by atoms with Crippen molar-refractivity contribution >= 4 is 17.5 Å². The van der Waals surface area contributed by atoms with Crippen LogP contribution in [-0.4, -0.2) is 28.6 Å². The maximum absolute atomic E-state index is 7.73. The first-order chi connectivity index (χ1) is 6.52. The summed E-state index contributed by atoms with van der Waals surface area (Å²) in [6.07, 6.45) is 0. The van der Waals surface area contributed by atoms with Crippen LogP contribution in [0.4, 0.5) is 5.82 Å². The molecule has 74 valence electrons. The molecule has 0 bridgehead atoms. The van der Waals surface area contributed by atoms with Gasteiger partial charge in [-0.15, -0.1) is 0 Å². The van der Waals surface area contributed by atoms with Crippen LogP contribution >= 0.6 is 0 Å². The molecule has 0 aliphatic carbocycles. The van der Waals surface area contributed by atoms with Crippen molar-refractivity contribution in [3.05, 3.63) is 23.9 Å². The first-order valence-corrected chi connectivity index (χ1v) is 4.12. The molecule has 1 aromatic heterocycles. The minimum atomic E-state index is 0.171. The number of amidine groups is 2. The number of hydrogen-bond acceptors (Lipinski definition) is 4. The Labute approximate surface area is 82.6 Å². The molecule has 0 atom stereocenters. The van der Waals surface area contributed by atoms with Gasteiger partial charge in [-0.1, -0.05) is 6.07 Å². The smallest absolute Gasteiger partial charge is 0.152 e. The highest BCUT2D eigenvalue weighted by Crippen LogP contribution is 2.03. The van der Waals surface area contributed by atoms with E-state index in [1.165, 1.54) is 4.90 Å². The van der Waals surface area contributed by atoms with Crippen molar-refractivity contribution in [2.75, 3.05) is 12.8 Å². The first-order valence-electron chi connectivity index (χ1n) is 4.12. The second kappa shape index (κ2) is 3.87. The van der Waals surface area contributed by atoms with Gasteiger partial charge in [0, 0.05) is 7.05 Å². The summed E-state index contributed by atoms with van der Waals surface area (Å²) in [4.78, 5) is 5.42. The van der Waals surface area contributed by atoms with Crippen molar-refractivity contribution in [3.63, 3.8) is 0 Å². The van der Waals surface area contributed by atoms with E-state index in [0.29, 0.717) is 17.3 Å². The highest BCUT2D eigenvalue weighted by molar-refractivity contribution is 6.05. The number of aromatic nitrogens is 1. The number of anilines is 1. The molecule has 0 amide bonds. The maximum Gasteiger partial charge on any atom is 0.152 e. The Morgan fingerprint density at radius 2 is 2.07 bits per heavy atom. The molecule has 0 spiro atoms. The molecule has 14 heavy (non-hydrogen) atoms. The van der Waals surface area contributed by atoms with Gasteiger partial charge in [0.2, 0.25) is 0 Å². The van der Waals surface area contributed by atoms with E-state index in [9.17, 15) is 0 Å². The van der Waals surface area contributed by atoms with Gasteiger partial charge in [-0.05, 0) is 19.1 Å².